The predicted molar refractivity (Wildman–Crippen MR) is 116 cm³/mol. The summed E-state index contributed by atoms with van der Waals surface area (Å²) in [6, 6.07) is 0.261. The number of carbonyl (C=O) groups is 1. The fraction of sp³-hybridized carbons (Fsp3) is 0.960. The smallest absolute Gasteiger partial charge is 0.305 e. The Kier molecular flexibility index (Phi) is 6.04. The van der Waals surface area contributed by atoms with Gasteiger partial charge in [-0.1, -0.05) is 20.8 Å². The van der Waals surface area contributed by atoms with Crippen LogP contribution in [0.25, 0.3) is 0 Å². The Morgan fingerprint density at radius 2 is 1.87 bits per heavy atom. The summed E-state index contributed by atoms with van der Waals surface area (Å²) in [4.78, 5) is 11.7. The minimum atomic E-state index is -0.338. The maximum absolute atomic E-state index is 11.7. The molecule has 11 atom stereocenters. The van der Waals surface area contributed by atoms with E-state index >= 15 is 0 Å². The van der Waals surface area contributed by atoms with Crippen molar-refractivity contribution in [3.63, 3.8) is 0 Å². The van der Waals surface area contributed by atoms with Crippen LogP contribution < -0.4 is 5.73 Å². The average molecular weight is 422 g/mol. The van der Waals surface area contributed by atoms with Crippen molar-refractivity contribution >= 4 is 5.97 Å². The second-order valence-corrected chi connectivity index (χ2v) is 11.7. The van der Waals surface area contributed by atoms with Gasteiger partial charge >= 0.3 is 5.97 Å². The molecule has 0 bridgehead atoms. The first-order valence-electron chi connectivity index (χ1n) is 12.3. The van der Waals surface area contributed by atoms with E-state index in [0.717, 1.165) is 51.4 Å². The number of hydrogen-bond acceptors (Lipinski definition) is 5. The summed E-state index contributed by atoms with van der Waals surface area (Å²) in [5.74, 6) is 2.11. The molecule has 4 aliphatic rings. The summed E-state index contributed by atoms with van der Waals surface area (Å²) in [5, 5.41) is 22.9. The quantitative estimate of drug-likeness (QED) is 0.604. The minimum Gasteiger partial charge on any atom is -0.469 e. The molecule has 172 valence electrons. The lowest BCUT2D eigenvalue weighted by Gasteiger charge is -2.63. The molecule has 0 amide bonds. The van der Waals surface area contributed by atoms with Crippen LogP contribution in [0.15, 0.2) is 0 Å². The summed E-state index contributed by atoms with van der Waals surface area (Å²) >= 11 is 0. The van der Waals surface area contributed by atoms with Gasteiger partial charge in [-0.3, -0.25) is 4.79 Å². The molecule has 4 aliphatic carbocycles. The van der Waals surface area contributed by atoms with Crippen LogP contribution in [0, 0.1) is 46.3 Å². The van der Waals surface area contributed by atoms with Gasteiger partial charge in [0.05, 0.1) is 19.3 Å². The third-order valence-corrected chi connectivity index (χ3v) is 10.6. The van der Waals surface area contributed by atoms with Gasteiger partial charge in [0.2, 0.25) is 0 Å². The van der Waals surface area contributed by atoms with Crippen molar-refractivity contribution < 1.29 is 19.7 Å². The Morgan fingerprint density at radius 3 is 2.57 bits per heavy atom. The number of carbonyl (C=O) groups excluding carboxylic acids is 1. The molecule has 4 fully saturated rings. The van der Waals surface area contributed by atoms with Crippen molar-refractivity contribution in [1.29, 1.82) is 0 Å². The van der Waals surface area contributed by atoms with Gasteiger partial charge in [0.25, 0.3) is 0 Å². The molecule has 2 unspecified atom stereocenters. The second-order valence-electron chi connectivity index (χ2n) is 11.7. The number of ether oxygens (including phenoxy) is 1. The summed E-state index contributed by atoms with van der Waals surface area (Å²) in [5.41, 5.74) is 6.31. The van der Waals surface area contributed by atoms with E-state index in [1.807, 2.05) is 0 Å². The van der Waals surface area contributed by atoms with Gasteiger partial charge in [-0.2, -0.15) is 0 Å². The maximum atomic E-state index is 11.7. The molecule has 5 nitrogen and oxygen atoms in total. The standard InChI is InChI=1S/C25H43NO4/c1-14(5-8-22(29)30-4)17-6-7-18-23-19(13-21(28)25(17,18)3)24(2)10-9-16(26)11-15(24)12-20(23)27/h14-21,23,27-28H,5-13,26H2,1-4H3/t14-,15?,16?,17-,18+,19+,20-,21+,23+,24+,25-/m1/s1. The molecule has 0 aromatic heterocycles. The molecule has 30 heavy (non-hydrogen) atoms. The molecule has 0 radical (unpaired) electrons. The average Bonchev–Trinajstić information content (AvgIpc) is 3.06. The lowest BCUT2D eigenvalue weighted by Crippen LogP contribution is -2.62. The number of aliphatic hydroxyl groups excluding tert-OH is 2. The Balaban J connectivity index is 1.58. The number of aliphatic hydroxyl groups is 2. The zero-order chi connectivity index (χ0) is 21.8. The van der Waals surface area contributed by atoms with Crippen LogP contribution in [-0.4, -0.2) is 41.5 Å². The molecule has 5 heteroatoms. The Hall–Kier alpha value is -0.650. The highest BCUT2D eigenvalue weighted by Crippen LogP contribution is 2.68. The summed E-state index contributed by atoms with van der Waals surface area (Å²) in [7, 11) is 1.45. The monoisotopic (exact) mass is 421 g/mol. The van der Waals surface area contributed by atoms with Gasteiger partial charge in [0.15, 0.2) is 0 Å². The van der Waals surface area contributed by atoms with E-state index in [-0.39, 0.29) is 41.0 Å². The van der Waals surface area contributed by atoms with Crippen LogP contribution in [-0.2, 0) is 9.53 Å². The van der Waals surface area contributed by atoms with E-state index in [2.05, 4.69) is 20.8 Å². The molecule has 4 N–H and O–H groups in total. The van der Waals surface area contributed by atoms with Crippen molar-refractivity contribution in [2.45, 2.75) is 96.8 Å². The first-order valence-corrected chi connectivity index (χ1v) is 12.3. The number of fused-ring (bicyclic) bond motifs is 5. The minimum absolute atomic E-state index is 0.150. The second kappa shape index (κ2) is 8.04. The summed E-state index contributed by atoms with van der Waals surface area (Å²) in [6.45, 7) is 6.94. The SMILES string of the molecule is COC(=O)CC[C@@H](C)[C@H]1CC[C@H]2[C@@H]3[C@H](O)CC4CC(N)CC[C@]4(C)[C@H]3C[C@H](O)[C@]12C. The van der Waals surface area contributed by atoms with Gasteiger partial charge < -0.3 is 20.7 Å². The Labute approximate surface area is 182 Å². The van der Waals surface area contributed by atoms with Crippen LogP contribution in [0.2, 0.25) is 0 Å². The summed E-state index contributed by atoms with van der Waals surface area (Å²) in [6.07, 6.45) is 7.69. The molecule has 0 spiro atoms. The number of methoxy groups -OCH3 is 1. The first kappa shape index (κ1) is 22.5. The number of esters is 1. The van der Waals surface area contributed by atoms with E-state index in [1.165, 1.54) is 7.11 Å². The van der Waals surface area contributed by atoms with E-state index in [9.17, 15) is 15.0 Å². The molecule has 0 aromatic carbocycles. The zero-order valence-electron chi connectivity index (χ0n) is 19.3. The molecule has 4 rings (SSSR count). The molecule has 4 saturated carbocycles. The van der Waals surface area contributed by atoms with Crippen molar-refractivity contribution in [2.24, 2.45) is 52.1 Å². The highest BCUT2D eigenvalue weighted by Gasteiger charge is 2.65. The Bertz CT molecular complexity index is 655. The molecule has 0 saturated heterocycles. The number of nitrogens with two attached hydrogens (primary N) is 1. The molecular weight excluding hydrogens is 378 g/mol. The van der Waals surface area contributed by atoms with Gasteiger partial charge in [-0.15, -0.1) is 0 Å². The zero-order valence-corrected chi connectivity index (χ0v) is 19.3. The van der Waals surface area contributed by atoms with Crippen molar-refractivity contribution in [1.82, 2.24) is 0 Å². The number of rotatable bonds is 4. The van der Waals surface area contributed by atoms with Gasteiger partial charge in [-0.25, -0.2) is 0 Å². The fourth-order valence-electron chi connectivity index (χ4n) is 8.84. The lowest BCUT2D eigenvalue weighted by atomic mass is 9.43. The van der Waals surface area contributed by atoms with Crippen molar-refractivity contribution in [3.8, 4) is 0 Å². The Morgan fingerprint density at radius 1 is 1.13 bits per heavy atom. The van der Waals surface area contributed by atoms with Gasteiger partial charge in [-0.05, 0) is 97.7 Å². The van der Waals surface area contributed by atoms with E-state index in [4.69, 9.17) is 10.5 Å². The van der Waals surface area contributed by atoms with Crippen molar-refractivity contribution in [2.75, 3.05) is 7.11 Å². The maximum Gasteiger partial charge on any atom is 0.305 e. The third kappa shape index (κ3) is 3.34. The van der Waals surface area contributed by atoms with E-state index < -0.39 is 0 Å². The van der Waals surface area contributed by atoms with Crippen LogP contribution in [0.1, 0.15) is 78.6 Å². The van der Waals surface area contributed by atoms with Gasteiger partial charge in [0.1, 0.15) is 0 Å². The lowest BCUT2D eigenvalue weighted by molar-refractivity contribution is -0.202. The van der Waals surface area contributed by atoms with Crippen LogP contribution in [0.4, 0.5) is 0 Å². The topological polar surface area (TPSA) is 92.8 Å². The summed E-state index contributed by atoms with van der Waals surface area (Å²) < 4.78 is 4.84. The molecule has 0 heterocycles. The fourth-order valence-corrected chi connectivity index (χ4v) is 8.84. The largest absolute Gasteiger partial charge is 0.469 e. The van der Waals surface area contributed by atoms with Gasteiger partial charge in [0, 0.05) is 12.5 Å². The van der Waals surface area contributed by atoms with Crippen molar-refractivity contribution in [3.05, 3.63) is 0 Å². The predicted octanol–water partition coefficient (Wildman–Crippen LogP) is 3.50. The first-order chi connectivity index (χ1) is 14.1. The molecular formula is C25H43NO4. The third-order valence-electron chi connectivity index (χ3n) is 10.6. The molecule has 0 aromatic rings. The van der Waals surface area contributed by atoms with E-state index in [1.54, 1.807) is 0 Å². The normalized spacial score (nSPS) is 51.4. The highest BCUT2D eigenvalue weighted by molar-refractivity contribution is 5.69. The number of hydrogen-bond donors (Lipinski definition) is 3. The van der Waals surface area contributed by atoms with Crippen LogP contribution >= 0.6 is 0 Å². The van der Waals surface area contributed by atoms with Crippen LogP contribution in [0.3, 0.4) is 0 Å². The van der Waals surface area contributed by atoms with Crippen LogP contribution in [0.5, 0.6) is 0 Å². The van der Waals surface area contributed by atoms with E-state index in [0.29, 0.717) is 36.0 Å². The molecule has 0 aliphatic heterocycles. The highest BCUT2D eigenvalue weighted by atomic mass is 16.5.